The van der Waals surface area contributed by atoms with Gasteiger partial charge in [-0.2, -0.15) is 13.2 Å². The van der Waals surface area contributed by atoms with Gasteiger partial charge in [-0.15, -0.1) is 0 Å². The van der Waals surface area contributed by atoms with E-state index in [0.717, 1.165) is 36.2 Å². The van der Waals surface area contributed by atoms with Crippen LogP contribution in [0.15, 0.2) is 48.5 Å². The molecule has 0 saturated heterocycles. The van der Waals surface area contributed by atoms with Crippen molar-refractivity contribution < 1.29 is 22.0 Å². The fourth-order valence-corrected chi connectivity index (χ4v) is 9.27. The zero-order chi connectivity index (χ0) is 29.8. The minimum atomic E-state index is -4.51. The summed E-state index contributed by atoms with van der Waals surface area (Å²) in [7, 11) is -2.05. The number of hydrogen-bond donors (Lipinski definition) is 0. The molecule has 8 heteroatoms. The zero-order valence-electron chi connectivity index (χ0n) is 24.1. The number of rotatable bonds is 5. The molecule has 1 aliphatic rings. The van der Waals surface area contributed by atoms with Gasteiger partial charge in [0.2, 0.25) is 0 Å². The molecule has 3 unspecified atom stereocenters. The SMILES string of the molecule is CC(C)c1nc2c(c(-c3ccc(F)cc3)c1C(F)c1ccc(C(F)(F)F)cc1)C([Si](C)(C)C(C)(C)C)CCC2Br. The minimum Gasteiger partial charge on any atom is -0.256 e. The first kappa shape index (κ1) is 30.9. The first-order chi connectivity index (χ1) is 18.4. The molecule has 0 aliphatic heterocycles. The molecule has 3 aromatic rings. The Morgan fingerprint density at radius 3 is 2.00 bits per heavy atom. The summed E-state index contributed by atoms with van der Waals surface area (Å²) in [5, 5.41) is 0.0353. The maximum Gasteiger partial charge on any atom is 0.416 e. The van der Waals surface area contributed by atoms with Crippen molar-refractivity contribution in [2.75, 3.05) is 0 Å². The van der Waals surface area contributed by atoms with E-state index in [1.54, 1.807) is 12.1 Å². The number of pyridine rings is 1. The Morgan fingerprint density at radius 2 is 1.50 bits per heavy atom. The Bertz CT molecular complexity index is 1360. The van der Waals surface area contributed by atoms with Gasteiger partial charge >= 0.3 is 6.18 Å². The highest BCUT2D eigenvalue weighted by Gasteiger charge is 2.47. The van der Waals surface area contributed by atoms with Gasteiger partial charge in [0.15, 0.2) is 6.17 Å². The topological polar surface area (TPSA) is 12.9 Å². The quantitative estimate of drug-likeness (QED) is 0.154. The Labute approximate surface area is 243 Å². The number of halogens is 6. The second kappa shape index (κ2) is 11.0. The fourth-order valence-electron chi connectivity index (χ4n) is 5.71. The molecule has 0 bridgehead atoms. The van der Waals surface area contributed by atoms with E-state index in [1.807, 2.05) is 13.8 Å². The van der Waals surface area contributed by atoms with Crippen molar-refractivity contribution in [1.29, 1.82) is 0 Å². The van der Waals surface area contributed by atoms with E-state index in [9.17, 15) is 17.6 Å². The fraction of sp³-hybridized carbons (Fsp3) is 0.469. The van der Waals surface area contributed by atoms with Crippen LogP contribution in [-0.2, 0) is 6.18 Å². The normalized spacial score (nSPS) is 19.1. The molecule has 4 rings (SSSR count). The number of fused-ring (bicyclic) bond motifs is 1. The molecule has 1 aliphatic carbocycles. The van der Waals surface area contributed by atoms with Crippen LogP contribution in [0.2, 0.25) is 18.1 Å². The largest absolute Gasteiger partial charge is 0.416 e. The van der Waals surface area contributed by atoms with Crippen molar-refractivity contribution in [2.24, 2.45) is 0 Å². The number of aromatic nitrogens is 1. The second-order valence-electron chi connectivity index (χ2n) is 12.8. The van der Waals surface area contributed by atoms with Gasteiger partial charge in [0.25, 0.3) is 0 Å². The van der Waals surface area contributed by atoms with Gasteiger partial charge in [0, 0.05) is 5.56 Å². The lowest BCUT2D eigenvalue weighted by molar-refractivity contribution is -0.137. The summed E-state index contributed by atoms with van der Waals surface area (Å²) in [5.74, 6) is -0.545. The predicted octanol–water partition coefficient (Wildman–Crippen LogP) is 11.4. The molecule has 1 heterocycles. The van der Waals surface area contributed by atoms with Crippen LogP contribution in [0.25, 0.3) is 11.1 Å². The molecule has 40 heavy (non-hydrogen) atoms. The van der Waals surface area contributed by atoms with E-state index >= 15 is 4.39 Å². The van der Waals surface area contributed by atoms with E-state index in [-0.39, 0.29) is 26.9 Å². The van der Waals surface area contributed by atoms with Gasteiger partial charge in [0.1, 0.15) is 5.82 Å². The third-order valence-electron chi connectivity index (χ3n) is 8.95. The summed E-state index contributed by atoms with van der Waals surface area (Å²) in [5.41, 5.74) is 3.70. The Kier molecular flexibility index (Phi) is 8.47. The maximum atomic E-state index is 16.9. The first-order valence-corrected chi connectivity index (χ1v) is 17.7. The molecule has 0 saturated carbocycles. The molecular formula is C32H37BrF5NSi. The highest BCUT2D eigenvalue weighted by Crippen LogP contribution is 2.56. The van der Waals surface area contributed by atoms with E-state index in [1.165, 1.54) is 24.3 Å². The first-order valence-electron chi connectivity index (χ1n) is 13.7. The van der Waals surface area contributed by atoms with Gasteiger partial charge in [-0.1, -0.05) is 87.9 Å². The Balaban J connectivity index is 2.10. The number of alkyl halides is 5. The maximum absolute atomic E-state index is 16.9. The molecule has 0 fully saturated rings. The molecule has 0 spiro atoms. The van der Waals surface area contributed by atoms with Gasteiger partial charge in [-0.05, 0) is 75.9 Å². The molecule has 0 radical (unpaired) electrons. The van der Waals surface area contributed by atoms with Gasteiger partial charge in [0.05, 0.1) is 29.9 Å². The molecule has 0 amide bonds. The summed E-state index contributed by atoms with van der Waals surface area (Å²) < 4.78 is 70.8. The highest BCUT2D eigenvalue weighted by atomic mass is 79.9. The van der Waals surface area contributed by atoms with Crippen molar-refractivity contribution in [3.8, 4) is 11.1 Å². The van der Waals surface area contributed by atoms with Crippen LogP contribution in [0.5, 0.6) is 0 Å². The Morgan fingerprint density at radius 1 is 0.925 bits per heavy atom. The molecule has 216 valence electrons. The van der Waals surface area contributed by atoms with E-state index in [4.69, 9.17) is 4.98 Å². The van der Waals surface area contributed by atoms with Crippen LogP contribution in [0.4, 0.5) is 22.0 Å². The molecular weight excluding hydrogens is 601 g/mol. The van der Waals surface area contributed by atoms with E-state index < -0.39 is 31.8 Å². The van der Waals surface area contributed by atoms with Crippen LogP contribution < -0.4 is 0 Å². The third kappa shape index (κ3) is 5.67. The molecule has 1 nitrogen and oxygen atoms in total. The van der Waals surface area contributed by atoms with Crippen LogP contribution in [-0.4, -0.2) is 13.1 Å². The van der Waals surface area contributed by atoms with Crippen LogP contribution in [0.3, 0.4) is 0 Å². The lowest BCUT2D eigenvalue weighted by atomic mass is 9.81. The summed E-state index contributed by atoms with van der Waals surface area (Å²) >= 11 is 3.86. The summed E-state index contributed by atoms with van der Waals surface area (Å²) in [4.78, 5) is 5.11. The van der Waals surface area contributed by atoms with Gasteiger partial charge < -0.3 is 0 Å². The molecule has 2 aromatic carbocycles. The number of hydrogen-bond acceptors (Lipinski definition) is 1. The van der Waals surface area contributed by atoms with Crippen molar-refractivity contribution >= 4 is 24.0 Å². The van der Waals surface area contributed by atoms with Gasteiger partial charge in [-0.25, -0.2) is 8.78 Å². The lowest BCUT2D eigenvalue weighted by Gasteiger charge is -2.47. The molecule has 3 atom stereocenters. The average molecular weight is 639 g/mol. The van der Waals surface area contributed by atoms with E-state index in [0.29, 0.717) is 22.4 Å². The molecule has 0 N–H and O–H groups in total. The van der Waals surface area contributed by atoms with Crippen LogP contribution >= 0.6 is 15.9 Å². The highest BCUT2D eigenvalue weighted by molar-refractivity contribution is 9.09. The smallest absolute Gasteiger partial charge is 0.256 e. The van der Waals surface area contributed by atoms with Crippen molar-refractivity contribution in [3.63, 3.8) is 0 Å². The predicted molar refractivity (Wildman–Crippen MR) is 159 cm³/mol. The van der Waals surface area contributed by atoms with Crippen molar-refractivity contribution in [2.45, 2.75) is 94.2 Å². The van der Waals surface area contributed by atoms with E-state index in [2.05, 4.69) is 49.8 Å². The Hall–Kier alpha value is -2.06. The van der Waals surface area contributed by atoms with Crippen LogP contribution in [0, 0.1) is 5.82 Å². The summed E-state index contributed by atoms with van der Waals surface area (Å²) in [6.45, 7) is 15.4. The number of benzene rings is 2. The van der Waals surface area contributed by atoms with Gasteiger partial charge in [-0.3, -0.25) is 4.98 Å². The minimum absolute atomic E-state index is 0.0154. The standard InChI is InChI=1S/C32H37BrF5NSi/c1-18(2)29-27(28(35)20-8-12-21(13-9-20)32(36,37)38)25(19-10-14-22(34)15-11-19)26-24(40(6,7)31(3,4)5)17-16-23(33)30(26)39-29/h8-15,18,23-24,28H,16-17H2,1-7H3. The van der Waals surface area contributed by atoms with Crippen molar-refractivity contribution in [3.05, 3.63) is 88.0 Å². The third-order valence-corrected chi connectivity index (χ3v) is 16.0. The summed E-state index contributed by atoms with van der Waals surface area (Å²) in [6, 6.07) is 10.4. The van der Waals surface area contributed by atoms with Crippen LogP contribution in [0.1, 0.15) is 104 Å². The number of nitrogens with zero attached hydrogens (tertiary/aromatic N) is 1. The zero-order valence-corrected chi connectivity index (χ0v) is 26.6. The summed E-state index contributed by atoms with van der Waals surface area (Å²) in [6.07, 6.45) is -4.42. The second-order valence-corrected chi connectivity index (χ2v) is 19.5. The molecule has 1 aromatic heterocycles. The lowest BCUT2D eigenvalue weighted by Crippen LogP contribution is -2.46. The monoisotopic (exact) mass is 637 g/mol. The van der Waals surface area contributed by atoms with Crippen molar-refractivity contribution in [1.82, 2.24) is 4.98 Å². The average Bonchev–Trinajstić information content (AvgIpc) is 2.87.